The Kier molecular flexibility index (Phi) is 11.6. The zero-order chi connectivity index (χ0) is 38.4. The summed E-state index contributed by atoms with van der Waals surface area (Å²) >= 11 is 0. The zero-order valence-electron chi connectivity index (χ0n) is 29.6. The maximum Gasteiger partial charge on any atom is 0.264 e. The monoisotopic (exact) mass is 742 g/mol. The molecule has 6 rings (SSSR count). The molecule has 54 heavy (non-hydrogen) atoms. The minimum atomic E-state index is -1.05. The van der Waals surface area contributed by atoms with E-state index < -0.39 is 35.5 Å². The maximum absolute atomic E-state index is 15.0. The lowest BCUT2D eigenvalue weighted by Crippen LogP contribution is -2.54. The molecular weight excluding hydrogens is 699 g/mol. The van der Waals surface area contributed by atoms with E-state index in [4.69, 9.17) is 26.7 Å². The van der Waals surface area contributed by atoms with Gasteiger partial charge in [0.1, 0.15) is 24.2 Å². The fraction of sp³-hybridized carbons (Fsp3) is 0.316. The van der Waals surface area contributed by atoms with Crippen LogP contribution in [-0.4, -0.2) is 102 Å². The van der Waals surface area contributed by atoms with E-state index in [9.17, 15) is 28.7 Å². The van der Waals surface area contributed by atoms with Gasteiger partial charge in [-0.2, -0.15) is 0 Å². The van der Waals surface area contributed by atoms with Crippen LogP contribution in [0.2, 0.25) is 0 Å². The van der Waals surface area contributed by atoms with E-state index >= 15 is 0 Å². The quantitative estimate of drug-likeness (QED) is 0.0788. The van der Waals surface area contributed by atoms with Crippen LogP contribution in [0.1, 0.15) is 44.7 Å². The summed E-state index contributed by atoms with van der Waals surface area (Å²) in [5, 5.41) is 15.4. The molecule has 16 heteroatoms. The normalized spacial score (nSPS) is 17.7. The average molecular weight is 743 g/mol. The number of nitrogens with one attached hydrogen (secondary N) is 2. The molecule has 2 fully saturated rings. The summed E-state index contributed by atoms with van der Waals surface area (Å²) < 4.78 is 26.2. The third-order valence-electron chi connectivity index (χ3n) is 9.43. The minimum absolute atomic E-state index is 0.0406. The SMILES string of the molecule is NC(N)=C(/C=C(\N)c1ccccc1O)N1CCN(Cc2ccc(OCCOCCNc3cccc4c3C(=O)N(C3CCC(=O)NC3=O)C4=O)c(F)c2)CC1. The first-order valence-electron chi connectivity index (χ1n) is 17.6. The molecule has 0 saturated carbocycles. The Morgan fingerprint density at radius 2 is 1.72 bits per heavy atom. The number of rotatable bonds is 14. The number of amides is 4. The van der Waals surface area contributed by atoms with Crippen molar-refractivity contribution in [3.63, 3.8) is 0 Å². The second-order valence-electron chi connectivity index (χ2n) is 13.0. The highest BCUT2D eigenvalue weighted by Gasteiger charge is 2.45. The molecule has 0 bridgehead atoms. The van der Waals surface area contributed by atoms with E-state index in [1.807, 2.05) is 11.0 Å². The number of carbonyl (C=O) groups excluding carboxylic acids is 4. The number of carbonyl (C=O) groups is 4. The second-order valence-corrected chi connectivity index (χ2v) is 13.0. The molecule has 3 aliphatic heterocycles. The van der Waals surface area contributed by atoms with Crippen LogP contribution in [0.4, 0.5) is 10.1 Å². The molecule has 3 heterocycles. The molecule has 3 aliphatic rings. The Bertz CT molecular complexity index is 1990. The van der Waals surface area contributed by atoms with Gasteiger partial charge in [-0.15, -0.1) is 0 Å². The Morgan fingerprint density at radius 3 is 2.44 bits per heavy atom. The minimum Gasteiger partial charge on any atom is -0.507 e. The lowest BCUT2D eigenvalue weighted by molar-refractivity contribution is -0.136. The first kappa shape index (κ1) is 37.6. The number of para-hydroxylation sites is 1. The van der Waals surface area contributed by atoms with Gasteiger partial charge in [0.25, 0.3) is 11.8 Å². The van der Waals surface area contributed by atoms with Crippen molar-refractivity contribution < 1.29 is 38.1 Å². The molecule has 3 aromatic carbocycles. The number of fused-ring (bicyclic) bond motifs is 1. The third-order valence-corrected chi connectivity index (χ3v) is 9.43. The highest BCUT2D eigenvalue weighted by molar-refractivity contribution is 6.25. The number of nitrogens with zero attached hydrogens (tertiary/aromatic N) is 3. The standard InChI is InChI=1S/C38H43FN8O7/c39-26-20-23(22-45-13-15-46(16-14-45)30(35(41)42)21-27(40)24-4-1-2-7-31(24)48)8-10-32(26)54-19-18-53-17-12-43-28-6-3-5-25-34(28)38(52)47(37(25)51)29-9-11-33(49)44-36(29)50/h1-8,10,20-21,29,43,48H,9,11-19,22,40-42H2,(H,44,49,50)/b27-21-. The molecular formula is C38H43FN8O7. The molecule has 0 aliphatic carbocycles. The number of ether oxygens (including phenoxy) is 2. The van der Waals surface area contributed by atoms with Crippen molar-refractivity contribution in [2.45, 2.75) is 25.4 Å². The number of anilines is 1. The van der Waals surface area contributed by atoms with Crippen LogP contribution in [0.25, 0.3) is 5.70 Å². The number of piperazine rings is 1. The van der Waals surface area contributed by atoms with Gasteiger partial charge >= 0.3 is 0 Å². The Labute approximate surface area is 311 Å². The molecule has 0 radical (unpaired) electrons. The van der Waals surface area contributed by atoms with Gasteiger partial charge in [0.05, 0.1) is 30.0 Å². The number of halogens is 1. The van der Waals surface area contributed by atoms with Gasteiger partial charge in [0.15, 0.2) is 11.6 Å². The van der Waals surface area contributed by atoms with Gasteiger partial charge in [-0.25, -0.2) is 4.39 Å². The number of benzene rings is 3. The van der Waals surface area contributed by atoms with Crippen molar-refractivity contribution in [1.29, 1.82) is 0 Å². The largest absolute Gasteiger partial charge is 0.507 e. The van der Waals surface area contributed by atoms with Gasteiger partial charge in [0, 0.05) is 62.6 Å². The first-order valence-corrected chi connectivity index (χ1v) is 17.6. The van der Waals surface area contributed by atoms with E-state index in [1.165, 1.54) is 12.1 Å². The maximum atomic E-state index is 15.0. The predicted octanol–water partition coefficient (Wildman–Crippen LogP) is 1.64. The molecule has 4 amide bonds. The van der Waals surface area contributed by atoms with E-state index in [2.05, 4.69) is 15.5 Å². The van der Waals surface area contributed by atoms with Gasteiger partial charge in [-0.3, -0.25) is 34.3 Å². The molecule has 284 valence electrons. The van der Waals surface area contributed by atoms with Crippen LogP contribution in [0, 0.1) is 5.82 Å². The van der Waals surface area contributed by atoms with E-state index in [-0.39, 0.29) is 61.1 Å². The molecule has 15 nitrogen and oxygen atoms in total. The Balaban J connectivity index is 0.918. The number of phenols is 1. The number of phenolic OH excluding ortho intramolecular Hbond substituents is 1. The molecule has 1 unspecified atom stereocenters. The van der Waals surface area contributed by atoms with Crippen LogP contribution in [0.5, 0.6) is 11.5 Å². The highest BCUT2D eigenvalue weighted by atomic mass is 19.1. The van der Waals surface area contributed by atoms with Crippen molar-refractivity contribution >= 4 is 35.0 Å². The number of hydrogen-bond acceptors (Lipinski definition) is 13. The average Bonchev–Trinajstić information content (AvgIpc) is 3.40. The zero-order valence-corrected chi connectivity index (χ0v) is 29.6. The first-order chi connectivity index (χ1) is 26.0. The number of piperidine rings is 1. The topological polar surface area (TPSA) is 219 Å². The summed E-state index contributed by atoms with van der Waals surface area (Å²) in [6.07, 6.45) is 1.78. The van der Waals surface area contributed by atoms with E-state index in [1.54, 1.807) is 48.5 Å². The van der Waals surface area contributed by atoms with Crippen LogP contribution >= 0.6 is 0 Å². The van der Waals surface area contributed by atoms with Gasteiger partial charge in [-0.1, -0.05) is 24.3 Å². The Morgan fingerprint density at radius 1 is 0.944 bits per heavy atom. The van der Waals surface area contributed by atoms with Crippen LogP contribution < -0.4 is 32.6 Å². The van der Waals surface area contributed by atoms with Crippen molar-refractivity contribution in [2.24, 2.45) is 17.2 Å². The van der Waals surface area contributed by atoms with Gasteiger partial charge in [0.2, 0.25) is 11.8 Å². The predicted molar refractivity (Wildman–Crippen MR) is 197 cm³/mol. The molecule has 1 atom stereocenters. The van der Waals surface area contributed by atoms with Crippen LogP contribution in [-0.2, 0) is 20.9 Å². The number of imide groups is 2. The third kappa shape index (κ3) is 8.40. The van der Waals surface area contributed by atoms with Crippen molar-refractivity contribution in [3.05, 3.63) is 106 Å². The van der Waals surface area contributed by atoms with E-state index in [0.29, 0.717) is 61.9 Å². The van der Waals surface area contributed by atoms with Crippen molar-refractivity contribution in [3.8, 4) is 11.5 Å². The van der Waals surface area contributed by atoms with Gasteiger partial charge in [-0.05, 0) is 54.5 Å². The van der Waals surface area contributed by atoms with Crippen LogP contribution in [0.15, 0.2) is 78.3 Å². The van der Waals surface area contributed by atoms with Crippen molar-refractivity contribution in [2.75, 3.05) is 57.9 Å². The fourth-order valence-electron chi connectivity index (χ4n) is 6.70. The summed E-state index contributed by atoms with van der Waals surface area (Å²) in [5.74, 6) is -2.48. The second kappa shape index (κ2) is 16.7. The summed E-state index contributed by atoms with van der Waals surface area (Å²) in [7, 11) is 0. The van der Waals surface area contributed by atoms with Crippen molar-refractivity contribution in [1.82, 2.24) is 20.0 Å². The highest BCUT2D eigenvalue weighted by Crippen LogP contribution is 2.32. The molecule has 0 spiro atoms. The number of allylic oxidation sites excluding steroid dienone is 1. The number of hydrogen-bond donors (Lipinski definition) is 6. The fourth-order valence-corrected chi connectivity index (χ4v) is 6.70. The molecule has 3 aromatic rings. The summed E-state index contributed by atoms with van der Waals surface area (Å²) in [5.41, 5.74) is 21.2. The molecule has 9 N–H and O–H groups in total. The van der Waals surface area contributed by atoms with Crippen LogP contribution in [0.3, 0.4) is 0 Å². The molecule has 2 saturated heterocycles. The smallest absolute Gasteiger partial charge is 0.264 e. The summed E-state index contributed by atoms with van der Waals surface area (Å²) in [6, 6.07) is 15.4. The number of nitrogens with two attached hydrogens (primary N) is 3. The molecule has 0 aromatic heterocycles. The number of aromatic hydroxyl groups is 1. The van der Waals surface area contributed by atoms with E-state index in [0.717, 1.165) is 10.5 Å². The summed E-state index contributed by atoms with van der Waals surface area (Å²) in [6.45, 7) is 3.94. The lowest BCUT2D eigenvalue weighted by atomic mass is 10.0. The van der Waals surface area contributed by atoms with Gasteiger partial charge < -0.3 is 42.0 Å². The Hall–Kier alpha value is -6.13. The summed E-state index contributed by atoms with van der Waals surface area (Å²) in [4.78, 5) is 55.3. The lowest BCUT2D eigenvalue weighted by Gasteiger charge is -2.37.